The van der Waals surface area contributed by atoms with E-state index >= 15 is 0 Å². The summed E-state index contributed by atoms with van der Waals surface area (Å²) in [5.74, 6) is 0.672. The molecule has 2 aliphatic carbocycles. The van der Waals surface area contributed by atoms with Crippen molar-refractivity contribution in [1.82, 2.24) is 0 Å². The third-order valence-electron chi connectivity index (χ3n) is 3.01. The van der Waals surface area contributed by atoms with Crippen molar-refractivity contribution in [3.8, 4) is 0 Å². The van der Waals surface area contributed by atoms with E-state index in [2.05, 4.69) is 42.5 Å². The minimum atomic E-state index is 0.672. The fraction of sp³-hybridized carbons (Fsp3) is 0.231. The highest BCUT2D eigenvalue weighted by atomic mass is 14.3. The first-order valence-electron chi connectivity index (χ1n) is 4.90. The highest BCUT2D eigenvalue weighted by Gasteiger charge is 2.24. The van der Waals surface area contributed by atoms with Gasteiger partial charge < -0.3 is 0 Å². The Hall–Kier alpha value is -1.30. The molecule has 0 bridgehead atoms. The first kappa shape index (κ1) is 7.14. The van der Waals surface area contributed by atoms with Crippen LogP contribution in [0.3, 0.4) is 0 Å². The van der Waals surface area contributed by atoms with Crippen LogP contribution in [0.4, 0.5) is 0 Å². The molecule has 0 heterocycles. The minimum absolute atomic E-state index is 0.672. The van der Waals surface area contributed by atoms with Gasteiger partial charge in [-0.15, -0.1) is 0 Å². The van der Waals surface area contributed by atoms with Gasteiger partial charge in [-0.1, -0.05) is 42.5 Å². The van der Waals surface area contributed by atoms with E-state index in [-0.39, 0.29) is 0 Å². The quantitative estimate of drug-likeness (QED) is 0.522. The maximum atomic E-state index is 2.37. The van der Waals surface area contributed by atoms with Crippen LogP contribution < -0.4 is 0 Å². The van der Waals surface area contributed by atoms with Gasteiger partial charge in [0.1, 0.15) is 0 Å². The average molecular weight is 168 g/mol. The third-order valence-corrected chi connectivity index (χ3v) is 3.01. The van der Waals surface area contributed by atoms with Crippen molar-refractivity contribution in [2.24, 2.45) is 5.92 Å². The van der Waals surface area contributed by atoms with E-state index in [9.17, 15) is 0 Å². The Balaban J connectivity index is 2.17. The van der Waals surface area contributed by atoms with Crippen molar-refractivity contribution in [3.63, 3.8) is 0 Å². The second-order valence-corrected chi connectivity index (χ2v) is 3.79. The molecule has 0 aliphatic heterocycles. The van der Waals surface area contributed by atoms with E-state index in [1.54, 1.807) is 5.57 Å². The monoisotopic (exact) mass is 168 g/mol. The Kier molecular flexibility index (Phi) is 1.42. The van der Waals surface area contributed by atoms with E-state index in [0.29, 0.717) is 5.92 Å². The lowest BCUT2D eigenvalue weighted by molar-refractivity contribution is 0.854. The fourth-order valence-corrected chi connectivity index (χ4v) is 2.40. The van der Waals surface area contributed by atoms with Gasteiger partial charge in [0.2, 0.25) is 0 Å². The smallest absolute Gasteiger partial charge is 0.00616 e. The molecule has 1 atom stereocenters. The summed E-state index contributed by atoms with van der Waals surface area (Å²) in [6.45, 7) is 0. The van der Waals surface area contributed by atoms with Gasteiger partial charge in [0.25, 0.3) is 0 Å². The van der Waals surface area contributed by atoms with Gasteiger partial charge in [-0.2, -0.15) is 0 Å². The summed E-state index contributed by atoms with van der Waals surface area (Å²) in [4.78, 5) is 0. The Morgan fingerprint density at radius 1 is 1.15 bits per heavy atom. The van der Waals surface area contributed by atoms with Gasteiger partial charge in [-0.25, -0.2) is 0 Å². The summed E-state index contributed by atoms with van der Waals surface area (Å²) in [5, 5.41) is 0. The third kappa shape index (κ3) is 0.983. The van der Waals surface area contributed by atoms with Gasteiger partial charge in [0, 0.05) is 5.92 Å². The van der Waals surface area contributed by atoms with Gasteiger partial charge in [0.15, 0.2) is 0 Å². The summed E-state index contributed by atoms with van der Waals surface area (Å²) in [6.07, 6.45) is 9.32. The molecule has 0 heteroatoms. The SMILES string of the molecule is C1=CC2Cc3ccccc3C2=CC1. The molecule has 0 saturated heterocycles. The first-order chi connectivity index (χ1) is 6.45. The number of hydrogen-bond donors (Lipinski definition) is 0. The minimum Gasteiger partial charge on any atom is -0.0841 e. The number of allylic oxidation sites excluding steroid dienone is 4. The molecule has 2 aliphatic rings. The number of benzene rings is 1. The standard InChI is InChI=1S/C13H12/c1-3-7-12-10(5-1)9-11-6-2-4-8-13(11)12/h1-3,5-8,11H,4,9H2. The molecule has 0 aromatic heterocycles. The number of rotatable bonds is 0. The summed E-state index contributed by atoms with van der Waals surface area (Å²) in [7, 11) is 0. The van der Waals surface area contributed by atoms with Crippen LogP contribution in [-0.4, -0.2) is 0 Å². The predicted octanol–water partition coefficient (Wildman–Crippen LogP) is 3.20. The van der Waals surface area contributed by atoms with E-state index in [4.69, 9.17) is 0 Å². The summed E-state index contributed by atoms with van der Waals surface area (Å²) < 4.78 is 0. The maximum Gasteiger partial charge on any atom is 0.00616 e. The first-order valence-corrected chi connectivity index (χ1v) is 4.90. The van der Waals surface area contributed by atoms with E-state index in [1.165, 1.54) is 17.5 Å². The van der Waals surface area contributed by atoms with Crippen LogP contribution in [0.15, 0.2) is 42.5 Å². The molecule has 0 radical (unpaired) electrons. The molecule has 0 fully saturated rings. The lowest BCUT2D eigenvalue weighted by Crippen LogP contribution is -1.96. The largest absolute Gasteiger partial charge is 0.0841 e. The van der Waals surface area contributed by atoms with E-state index in [0.717, 1.165) is 6.42 Å². The van der Waals surface area contributed by atoms with Crippen molar-refractivity contribution in [1.29, 1.82) is 0 Å². The Bertz CT molecular complexity index is 396. The molecule has 64 valence electrons. The zero-order valence-corrected chi connectivity index (χ0v) is 7.53. The van der Waals surface area contributed by atoms with Crippen LogP contribution in [-0.2, 0) is 6.42 Å². The zero-order valence-electron chi connectivity index (χ0n) is 7.53. The molecule has 3 rings (SSSR count). The molecular formula is C13H12. The van der Waals surface area contributed by atoms with Gasteiger partial charge in [-0.3, -0.25) is 0 Å². The normalized spacial score (nSPS) is 23.7. The van der Waals surface area contributed by atoms with Crippen molar-refractivity contribution in [2.45, 2.75) is 12.8 Å². The van der Waals surface area contributed by atoms with Crippen molar-refractivity contribution in [2.75, 3.05) is 0 Å². The van der Waals surface area contributed by atoms with Gasteiger partial charge in [0.05, 0.1) is 0 Å². The van der Waals surface area contributed by atoms with Gasteiger partial charge in [-0.05, 0) is 29.5 Å². The zero-order chi connectivity index (χ0) is 8.67. The lowest BCUT2D eigenvalue weighted by atomic mass is 9.94. The van der Waals surface area contributed by atoms with Crippen LogP contribution in [0, 0.1) is 5.92 Å². The topological polar surface area (TPSA) is 0 Å². The van der Waals surface area contributed by atoms with Crippen LogP contribution >= 0.6 is 0 Å². The molecule has 1 aromatic rings. The second kappa shape index (κ2) is 2.59. The summed E-state index contributed by atoms with van der Waals surface area (Å²) in [6, 6.07) is 8.78. The molecule has 1 unspecified atom stereocenters. The predicted molar refractivity (Wildman–Crippen MR) is 55.4 cm³/mol. The molecule has 1 aromatic carbocycles. The van der Waals surface area contributed by atoms with Gasteiger partial charge >= 0.3 is 0 Å². The van der Waals surface area contributed by atoms with Crippen LogP contribution in [0.2, 0.25) is 0 Å². The van der Waals surface area contributed by atoms with Crippen molar-refractivity contribution in [3.05, 3.63) is 53.6 Å². The number of fused-ring (bicyclic) bond motifs is 3. The Labute approximate surface area is 78.6 Å². The average Bonchev–Trinajstić information content (AvgIpc) is 2.56. The second-order valence-electron chi connectivity index (χ2n) is 3.79. The van der Waals surface area contributed by atoms with E-state index in [1.807, 2.05) is 0 Å². The molecule has 0 spiro atoms. The fourth-order valence-electron chi connectivity index (χ4n) is 2.40. The van der Waals surface area contributed by atoms with Crippen LogP contribution in [0.5, 0.6) is 0 Å². The van der Waals surface area contributed by atoms with Crippen molar-refractivity contribution >= 4 is 5.57 Å². The van der Waals surface area contributed by atoms with E-state index < -0.39 is 0 Å². The molecule has 0 saturated carbocycles. The number of hydrogen-bond acceptors (Lipinski definition) is 0. The highest BCUT2D eigenvalue weighted by molar-refractivity contribution is 5.76. The molecule has 0 nitrogen and oxygen atoms in total. The lowest BCUT2D eigenvalue weighted by Gasteiger charge is -2.10. The molecular weight excluding hydrogens is 156 g/mol. The summed E-state index contributed by atoms with van der Waals surface area (Å²) in [5.41, 5.74) is 4.56. The molecule has 0 N–H and O–H groups in total. The van der Waals surface area contributed by atoms with Crippen LogP contribution in [0.25, 0.3) is 5.57 Å². The van der Waals surface area contributed by atoms with Crippen molar-refractivity contribution < 1.29 is 0 Å². The Morgan fingerprint density at radius 2 is 2.08 bits per heavy atom. The Morgan fingerprint density at radius 3 is 3.08 bits per heavy atom. The molecule has 13 heavy (non-hydrogen) atoms. The molecule has 0 amide bonds. The van der Waals surface area contributed by atoms with Crippen LogP contribution in [0.1, 0.15) is 17.5 Å². The summed E-state index contributed by atoms with van der Waals surface area (Å²) >= 11 is 0. The maximum absolute atomic E-state index is 2.37. The highest BCUT2D eigenvalue weighted by Crippen LogP contribution is 2.39.